The number of sulfonamides is 1. The number of nitrogens with zero attached hydrogens (tertiary/aromatic N) is 2. The number of benzene rings is 4. The molecule has 44 heavy (non-hydrogen) atoms. The molecule has 0 aromatic heterocycles. The van der Waals surface area contributed by atoms with Crippen LogP contribution in [0.15, 0.2) is 119 Å². The predicted octanol–water partition coefficient (Wildman–Crippen LogP) is 6.80. The molecule has 4 aromatic carbocycles. The summed E-state index contributed by atoms with van der Waals surface area (Å²) in [6.45, 7) is 3.53. The number of nitrogens with one attached hydrogen (secondary N) is 1. The lowest BCUT2D eigenvalue weighted by atomic mass is 10.0. The van der Waals surface area contributed by atoms with Gasteiger partial charge in [0.05, 0.1) is 10.6 Å². The maximum absolute atomic E-state index is 14.5. The fraction of sp³-hybridized carbons (Fsp3) is 0.235. The van der Waals surface area contributed by atoms with E-state index in [-0.39, 0.29) is 29.8 Å². The van der Waals surface area contributed by atoms with E-state index < -0.39 is 28.5 Å². The Morgan fingerprint density at radius 3 is 2.02 bits per heavy atom. The Bertz CT molecular complexity index is 1640. The van der Waals surface area contributed by atoms with Crippen molar-refractivity contribution in [3.63, 3.8) is 0 Å². The molecule has 7 nitrogen and oxygen atoms in total. The quantitative estimate of drug-likeness (QED) is 0.151. The molecular formula is C34H35BrIN3O4S. The summed E-state index contributed by atoms with van der Waals surface area (Å²) < 4.78 is 31.0. The molecule has 4 rings (SSSR count). The number of halogens is 2. The third-order valence-electron chi connectivity index (χ3n) is 7.26. The molecule has 230 valence electrons. The van der Waals surface area contributed by atoms with Crippen LogP contribution in [0.3, 0.4) is 0 Å². The van der Waals surface area contributed by atoms with Crippen molar-refractivity contribution in [2.75, 3.05) is 10.8 Å². The number of anilines is 1. The molecule has 0 aliphatic rings. The first-order valence-electron chi connectivity index (χ1n) is 14.3. The molecule has 0 unspecified atom stereocenters. The minimum atomic E-state index is -4.13. The molecule has 0 spiro atoms. The Balaban J connectivity index is 1.79. The summed E-state index contributed by atoms with van der Waals surface area (Å²) in [5, 5.41) is 3.05. The molecule has 4 aromatic rings. The van der Waals surface area contributed by atoms with Crippen LogP contribution < -0.4 is 9.62 Å². The van der Waals surface area contributed by atoms with Crippen LogP contribution in [0, 0.1) is 3.57 Å². The zero-order valence-electron chi connectivity index (χ0n) is 24.6. The van der Waals surface area contributed by atoms with E-state index >= 15 is 0 Å². The monoisotopic (exact) mass is 787 g/mol. The summed E-state index contributed by atoms with van der Waals surface area (Å²) in [5.41, 5.74) is 2.05. The van der Waals surface area contributed by atoms with Gasteiger partial charge in [0, 0.05) is 27.1 Å². The van der Waals surface area contributed by atoms with Gasteiger partial charge >= 0.3 is 0 Å². The van der Waals surface area contributed by atoms with E-state index in [1.807, 2.05) is 68.4 Å². The summed E-state index contributed by atoms with van der Waals surface area (Å²) >= 11 is 5.61. The number of carbonyl (C=O) groups excluding carboxylic acids is 2. The van der Waals surface area contributed by atoms with E-state index in [9.17, 15) is 18.0 Å². The fourth-order valence-corrected chi connectivity index (χ4v) is 6.70. The predicted molar refractivity (Wildman–Crippen MR) is 187 cm³/mol. The van der Waals surface area contributed by atoms with Crippen molar-refractivity contribution < 1.29 is 18.0 Å². The molecule has 2 amide bonds. The minimum absolute atomic E-state index is 0.0705. The third kappa shape index (κ3) is 8.92. The molecule has 0 saturated carbocycles. The first kappa shape index (κ1) is 33.7. The molecule has 0 aliphatic heterocycles. The molecule has 10 heteroatoms. The Morgan fingerprint density at radius 2 is 1.43 bits per heavy atom. The van der Waals surface area contributed by atoms with Crippen molar-refractivity contribution >= 4 is 66.0 Å². The van der Waals surface area contributed by atoms with Crippen LogP contribution in [-0.2, 0) is 32.6 Å². The van der Waals surface area contributed by atoms with Crippen molar-refractivity contribution in [3.8, 4) is 0 Å². The molecule has 0 heterocycles. The van der Waals surface area contributed by atoms with Gasteiger partial charge in [-0.15, -0.1) is 0 Å². The Labute approximate surface area is 282 Å². The first-order chi connectivity index (χ1) is 21.1. The second-order valence-corrected chi connectivity index (χ2v) is 14.5. The smallest absolute Gasteiger partial charge is 0.264 e. The highest BCUT2D eigenvalue weighted by Crippen LogP contribution is 2.26. The van der Waals surface area contributed by atoms with Crippen LogP contribution in [0.4, 0.5) is 5.69 Å². The van der Waals surface area contributed by atoms with E-state index in [4.69, 9.17) is 0 Å². The number of hydrogen-bond donors (Lipinski definition) is 1. The van der Waals surface area contributed by atoms with Crippen molar-refractivity contribution in [1.82, 2.24) is 10.2 Å². The summed E-state index contributed by atoms with van der Waals surface area (Å²) in [6.07, 6.45) is 0.987. The molecular weight excluding hydrogens is 753 g/mol. The van der Waals surface area contributed by atoms with Gasteiger partial charge in [0.2, 0.25) is 11.8 Å². The van der Waals surface area contributed by atoms with Crippen LogP contribution in [0.1, 0.15) is 31.4 Å². The van der Waals surface area contributed by atoms with E-state index in [0.717, 1.165) is 29.9 Å². The van der Waals surface area contributed by atoms with Crippen LogP contribution in [0.5, 0.6) is 0 Å². The fourth-order valence-electron chi connectivity index (χ4n) is 4.64. The van der Waals surface area contributed by atoms with E-state index in [1.54, 1.807) is 42.5 Å². The summed E-state index contributed by atoms with van der Waals surface area (Å²) in [4.78, 5) is 29.9. The topological polar surface area (TPSA) is 86.8 Å². The van der Waals surface area contributed by atoms with Crippen LogP contribution in [0.2, 0.25) is 0 Å². The lowest BCUT2D eigenvalue weighted by Gasteiger charge is -2.34. The largest absolute Gasteiger partial charge is 0.352 e. The van der Waals surface area contributed by atoms with Gasteiger partial charge in [-0.1, -0.05) is 83.5 Å². The summed E-state index contributed by atoms with van der Waals surface area (Å²) in [7, 11) is -4.13. The van der Waals surface area contributed by atoms with Gasteiger partial charge in [0.15, 0.2) is 0 Å². The maximum atomic E-state index is 14.5. The van der Waals surface area contributed by atoms with Gasteiger partial charge < -0.3 is 10.2 Å². The van der Waals surface area contributed by atoms with Crippen molar-refractivity contribution in [2.45, 2.75) is 50.2 Å². The summed E-state index contributed by atoms with van der Waals surface area (Å²) in [5.74, 6) is -0.786. The highest BCUT2D eigenvalue weighted by atomic mass is 127. The van der Waals surface area contributed by atoms with Gasteiger partial charge in [-0.2, -0.15) is 0 Å². The van der Waals surface area contributed by atoms with E-state index in [0.29, 0.717) is 5.69 Å². The average molecular weight is 789 g/mol. The Hall–Kier alpha value is -3.22. The highest BCUT2D eigenvalue weighted by molar-refractivity contribution is 14.1. The van der Waals surface area contributed by atoms with Crippen LogP contribution in [0.25, 0.3) is 0 Å². The summed E-state index contributed by atoms with van der Waals surface area (Å²) in [6, 6.07) is 31.1. The highest BCUT2D eigenvalue weighted by Gasteiger charge is 2.35. The number of amides is 2. The zero-order valence-corrected chi connectivity index (χ0v) is 29.1. The van der Waals surface area contributed by atoms with E-state index in [2.05, 4.69) is 43.8 Å². The Morgan fingerprint density at radius 1 is 0.841 bits per heavy atom. The number of carbonyl (C=O) groups is 2. The second-order valence-electron chi connectivity index (χ2n) is 10.5. The lowest BCUT2D eigenvalue weighted by molar-refractivity contribution is -0.140. The number of rotatable bonds is 13. The minimum Gasteiger partial charge on any atom is -0.352 e. The lowest BCUT2D eigenvalue weighted by Crippen LogP contribution is -2.54. The molecule has 1 N–H and O–H groups in total. The SMILES string of the molecule is CC[C@@H](C)NC(=O)[C@@H](Cc1ccccc1)N(Cc1ccc(Br)cc1)C(=O)CN(c1ccc(I)cc1)S(=O)(=O)c1ccccc1. The molecule has 0 bridgehead atoms. The second kappa shape index (κ2) is 15.7. The van der Waals surface area contributed by atoms with Gasteiger partial charge in [0.1, 0.15) is 12.6 Å². The normalized spacial score (nSPS) is 12.6. The van der Waals surface area contributed by atoms with Crippen molar-refractivity contribution in [3.05, 3.63) is 128 Å². The molecule has 0 radical (unpaired) electrons. The third-order valence-corrected chi connectivity index (χ3v) is 10.3. The molecule has 0 aliphatic carbocycles. The Kier molecular flexibility index (Phi) is 12.0. The molecule has 2 atom stereocenters. The van der Waals surface area contributed by atoms with Gasteiger partial charge in [-0.05, 0) is 95.6 Å². The van der Waals surface area contributed by atoms with Crippen LogP contribution >= 0.6 is 38.5 Å². The van der Waals surface area contributed by atoms with Crippen LogP contribution in [-0.4, -0.2) is 43.8 Å². The van der Waals surface area contributed by atoms with Gasteiger partial charge in [0.25, 0.3) is 10.0 Å². The van der Waals surface area contributed by atoms with Gasteiger partial charge in [-0.3, -0.25) is 13.9 Å². The molecule has 0 saturated heterocycles. The van der Waals surface area contributed by atoms with E-state index in [1.165, 1.54) is 17.0 Å². The standard InChI is InChI=1S/C34H35BrIN3O4S/c1-3-25(2)37-34(41)32(22-26-10-6-4-7-11-26)38(23-27-14-16-28(35)17-15-27)33(40)24-39(30-20-18-29(36)19-21-30)44(42,43)31-12-8-5-9-13-31/h4-21,25,32H,3,22-24H2,1-2H3,(H,37,41)/t25-,32-/m1/s1. The van der Waals surface area contributed by atoms with Crippen molar-refractivity contribution in [2.24, 2.45) is 0 Å². The number of hydrogen-bond acceptors (Lipinski definition) is 4. The first-order valence-corrected chi connectivity index (χ1v) is 17.6. The van der Waals surface area contributed by atoms with Gasteiger partial charge in [-0.25, -0.2) is 8.42 Å². The van der Waals surface area contributed by atoms with Crippen molar-refractivity contribution in [1.29, 1.82) is 0 Å². The molecule has 0 fully saturated rings. The maximum Gasteiger partial charge on any atom is 0.264 e. The average Bonchev–Trinajstić information content (AvgIpc) is 3.03. The zero-order chi connectivity index (χ0) is 31.7.